The number of hydrogen-bond acceptors (Lipinski definition) is 0. The minimum Gasteiger partial charge on any atom is -0.662 e. The quantitative estimate of drug-likeness (QED) is 0.339. The molecular formula is C7H14LiN. The molecule has 0 aliphatic heterocycles. The van der Waals surface area contributed by atoms with E-state index in [1.807, 2.05) is 0 Å². The van der Waals surface area contributed by atoms with Gasteiger partial charge in [0.25, 0.3) is 0 Å². The second kappa shape index (κ2) is 5.35. The first kappa shape index (κ1) is 9.56. The Morgan fingerprint density at radius 3 is 2.56 bits per heavy atom. The van der Waals surface area contributed by atoms with Crippen molar-refractivity contribution in [2.45, 2.75) is 26.2 Å². The van der Waals surface area contributed by atoms with Crippen LogP contribution in [-0.4, -0.2) is 13.1 Å². The Kier molecular flexibility index (Phi) is 5.68. The van der Waals surface area contributed by atoms with Crippen LogP contribution in [0.3, 0.4) is 0 Å². The molecule has 1 rings (SSSR count). The smallest absolute Gasteiger partial charge is 0.662 e. The van der Waals surface area contributed by atoms with Crippen molar-refractivity contribution in [1.29, 1.82) is 0 Å². The molecule has 0 unspecified atom stereocenters. The fourth-order valence-corrected chi connectivity index (χ4v) is 0.732. The normalized spacial score (nSPS) is 17.0. The van der Waals surface area contributed by atoms with E-state index in [2.05, 4.69) is 12.2 Å². The minimum atomic E-state index is 0. The molecule has 2 heteroatoms. The zero-order valence-corrected chi connectivity index (χ0v) is 6.56. The van der Waals surface area contributed by atoms with Crippen molar-refractivity contribution in [2.24, 2.45) is 5.92 Å². The summed E-state index contributed by atoms with van der Waals surface area (Å²) in [7, 11) is 0. The van der Waals surface area contributed by atoms with Gasteiger partial charge in [0, 0.05) is 0 Å². The van der Waals surface area contributed by atoms with Crippen LogP contribution in [0.2, 0.25) is 0 Å². The summed E-state index contributed by atoms with van der Waals surface area (Å²) in [5.41, 5.74) is 0. The molecular weight excluding hydrogens is 105 g/mol. The van der Waals surface area contributed by atoms with Crippen molar-refractivity contribution in [3.05, 3.63) is 5.32 Å². The summed E-state index contributed by atoms with van der Waals surface area (Å²) in [6, 6.07) is 0. The summed E-state index contributed by atoms with van der Waals surface area (Å²) >= 11 is 0. The van der Waals surface area contributed by atoms with E-state index in [0.717, 1.165) is 19.0 Å². The molecule has 0 aromatic carbocycles. The van der Waals surface area contributed by atoms with Crippen molar-refractivity contribution in [3.63, 3.8) is 0 Å². The molecule has 0 radical (unpaired) electrons. The topological polar surface area (TPSA) is 14.1 Å². The maximum absolute atomic E-state index is 4.35. The van der Waals surface area contributed by atoms with Crippen LogP contribution in [0.25, 0.3) is 5.32 Å². The maximum Gasteiger partial charge on any atom is 1.00 e. The van der Waals surface area contributed by atoms with Gasteiger partial charge in [-0.2, -0.15) is 0 Å². The van der Waals surface area contributed by atoms with Gasteiger partial charge in [-0.25, -0.2) is 0 Å². The third-order valence-electron chi connectivity index (χ3n) is 1.47. The van der Waals surface area contributed by atoms with Gasteiger partial charge in [-0.1, -0.05) is 32.1 Å². The van der Waals surface area contributed by atoms with E-state index >= 15 is 0 Å². The Morgan fingerprint density at radius 2 is 2.11 bits per heavy atom. The van der Waals surface area contributed by atoms with Gasteiger partial charge in [0.2, 0.25) is 0 Å². The summed E-state index contributed by atoms with van der Waals surface area (Å²) in [5, 5.41) is 4.35. The molecule has 0 saturated heterocycles. The molecule has 1 aliphatic rings. The van der Waals surface area contributed by atoms with Gasteiger partial charge < -0.3 is 5.32 Å². The van der Waals surface area contributed by atoms with Crippen molar-refractivity contribution >= 4 is 0 Å². The first-order valence-electron chi connectivity index (χ1n) is 3.56. The van der Waals surface area contributed by atoms with Crippen LogP contribution < -0.4 is 18.9 Å². The van der Waals surface area contributed by atoms with E-state index in [9.17, 15) is 0 Å². The Morgan fingerprint density at radius 1 is 1.44 bits per heavy atom. The van der Waals surface area contributed by atoms with Gasteiger partial charge in [-0.15, -0.1) is 13.1 Å². The van der Waals surface area contributed by atoms with Crippen LogP contribution in [0.1, 0.15) is 26.2 Å². The molecule has 0 N–H and O–H groups in total. The van der Waals surface area contributed by atoms with Crippen LogP contribution in [0, 0.1) is 5.92 Å². The Bertz CT molecular complexity index is 61.9. The second-order valence-electron chi connectivity index (χ2n) is 2.57. The molecule has 0 bridgehead atoms. The monoisotopic (exact) mass is 119 g/mol. The molecule has 1 fully saturated rings. The van der Waals surface area contributed by atoms with Crippen LogP contribution in [-0.2, 0) is 0 Å². The first-order valence-corrected chi connectivity index (χ1v) is 3.56. The van der Waals surface area contributed by atoms with E-state index in [1.165, 1.54) is 19.3 Å². The molecule has 1 nitrogen and oxygen atoms in total. The van der Waals surface area contributed by atoms with Gasteiger partial charge in [-0.05, 0) is 0 Å². The third-order valence-corrected chi connectivity index (χ3v) is 1.47. The van der Waals surface area contributed by atoms with Crippen molar-refractivity contribution < 1.29 is 18.9 Å². The molecule has 0 aromatic heterocycles. The van der Waals surface area contributed by atoms with Crippen LogP contribution in [0.5, 0.6) is 0 Å². The van der Waals surface area contributed by atoms with E-state index in [0.29, 0.717) is 0 Å². The summed E-state index contributed by atoms with van der Waals surface area (Å²) in [5.74, 6) is 0.988. The number of rotatable bonds is 4. The SMILES string of the molecule is CCC[N-]CC1CC1.[Li+]. The zero-order valence-electron chi connectivity index (χ0n) is 6.56. The van der Waals surface area contributed by atoms with Crippen LogP contribution >= 0.6 is 0 Å². The maximum atomic E-state index is 4.35. The molecule has 0 aromatic rings. The van der Waals surface area contributed by atoms with Gasteiger partial charge in [0.1, 0.15) is 0 Å². The first-order chi connectivity index (χ1) is 3.93. The summed E-state index contributed by atoms with van der Waals surface area (Å²) < 4.78 is 0. The molecule has 1 aliphatic carbocycles. The van der Waals surface area contributed by atoms with Gasteiger partial charge in [-0.3, -0.25) is 0 Å². The molecule has 48 valence electrons. The predicted molar refractivity (Wildman–Crippen MR) is 36.1 cm³/mol. The molecule has 9 heavy (non-hydrogen) atoms. The van der Waals surface area contributed by atoms with Crippen LogP contribution in [0.4, 0.5) is 0 Å². The van der Waals surface area contributed by atoms with Gasteiger partial charge >= 0.3 is 18.9 Å². The van der Waals surface area contributed by atoms with Crippen LogP contribution in [0.15, 0.2) is 0 Å². The van der Waals surface area contributed by atoms with Crippen molar-refractivity contribution in [2.75, 3.05) is 13.1 Å². The number of nitrogens with zero attached hydrogens (tertiary/aromatic N) is 1. The minimum absolute atomic E-state index is 0. The molecule has 0 atom stereocenters. The zero-order chi connectivity index (χ0) is 5.82. The molecule has 0 heterocycles. The molecule has 0 spiro atoms. The predicted octanol–water partition coefficient (Wildman–Crippen LogP) is -0.816. The molecule has 1 saturated carbocycles. The van der Waals surface area contributed by atoms with E-state index in [-0.39, 0.29) is 18.9 Å². The standard InChI is InChI=1S/C7H14N.Li/c1-2-5-8-6-7-3-4-7;/h7H,2-6H2,1H3;/q-1;+1. The van der Waals surface area contributed by atoms with Gasteiger partial charge in [0.15, 0.2) is 0 Å². The van der Waals surface area contributed by atoms with E-state index in [1.54, 1.807) is 0 Å². The van der Waals surface area contributed by atoms with E-state index in [4.69, 9.17) is 0 Å². The third kappa shape index (κ3) is 5.02. The average molecular weight is 119 g/mol. The van der Waals surface area contributed by atoms with Gasteiger partial charge in [0.05, 0.1) is 0 Å². The second-order valence-corrected chi connectivity index (χ2v) is 2.57. The average Bonchev–Trinajstić information content (AvgIpc) is 2.51. The summed E-state index contributed by atoms with van der Waals surface area (Å²) in [4.78, 5) is 0. The van der Waals surface area contributed by atoms with Crippen molar-refractivity contribution in [3.8, 4) is 0 Å². The number of hydrogen-bond donors (Lipinski definition) is 0. The fraction of sp³-hybridized carbons (Fsp3) is 1.00. The summed E-state index contributed by atoms with van der Waals surface area (Å²) in [6.45, 7) is 4.40. The van der Waals surface area contributed by atoms with E-state index < -0.39 is 0 Å². The Labute approximate surface area is 69.8 Å². The largest absolute Gasteiger partial charge is 1.00 e. The summed E-state index contributed by atoms with van der Waals surface area (Å²) in [6.07, 6.45) is 4.09. The van der Waals surface area contributed by atoms with Crippen molar-refractivity contribution in [1.82, 2.24) is 0 Å². The fourth-order valence-electron chi connectivity index (χ4n) is 0.732. The molecule has 0 amide bonds. The Balaban J connectivity index is 0.000000640. The Hall–Kier alpha value is 0.557.